The van der Waals surface area contributed by atoms with Gasteiger partial charge in [-0.2, -0.15) is 0 Å². The standard InChI is InChI=1S/C40H64N4O2/c45-39(29-17-11-7-3-1-5-9-13-21-31-43-33-23-15-24-34-43)41-37-27-19-20-28-38(37)42-40(46)30-18-12-8-4-2-6-10-14-22-32-44-35-25-16-26-36-44/h15-16,23-26,33-38H,1-14,17-22,27-32H2/p+2/t37-,38-/m0/s1. The third kappa shape index (κ3) is 18.4. The average Bonchev–Trinajstić information content (AvgIpc) is 3.08. The minimum atomic E-state index is 0.0942. The Balaban J connectivity index is 1.10. The van der Waals surface area contributed by atoms with Crippen molar-refractivity contribution in [3.05, 3.63) is 61.2 Å². The van der Waals surface area contributed by atoms with Gasteiger partial charge in [0.15, 0.2) is 24.8 Å². The molecule has 0 aliphatic heterocycles. The van der Waals surface area contributed by atoms with E-state index in [9.17, 15) is 9.59 Å². The molecule has 6 heteroatoms. The van der Waals surface area contributed by atoms with Gasteiger partial charge in [-0.1, -0.05) is 102 Å². The zero-order valence-corrected chi connectivity index (χ0v) is 29.0. The lowest BCUT2D eigenvalue weighted by molar-refractivity contribution is -0.697. The molecule has 0 saturated heterocycles. The van der Waals surface area contributed by atoms with E-state index < -0.39 is 0 Å². The van der Waals surface area contributed by atoms with Crippen LogP contribution in [0.1, 0.15) is 154 Å². The predicted molar refractivity (Wildman–Crippen MR) is 188 cm³/mol. The lowest BCUT2D eigenvalue weighted by Gasteiger charge is -2.33. The van der Waals surface area contributed by atoms with Gasteiger partial charge in [-0.15, -0.1) is 0 Å². The summed E-state index contributed by atoms with van der Waals surface area (Å²) < 4.78 is 4.53. The van der Waals surface area contributed by atoms with Crippen molar-refractivity contribution >= 4 is 11.8 Å². The molecular formula is C40H66N4O2+2. The van der Waals surface area contributed by atoms with Crippen LogP contribution in [-0.2, 0) is 22.7 Å². The van der Waals surface area contributed by atoms with Gasteiger partial charge in [0.25, 0.3) is 0 Å². The summed E-state index contributed by atoms with van der Waals surface area (Å²) in [6, 6.07) is 12.7. The van der Waals surface area contributed by atoms with Gasteiger partial charge in [-0.05, 0) is 38.5 Å². The van der Waals surface area contributed by atoms with Crippen molar-refractivity contribution in [2.45, 2.75) is 179 Å². The highest BCUT2D eigenvalue weighted by molar-refractivity contribution is 5.77. The Kier molecular flexibility index (Phi) is 20.8. The van der Waals surface area contributed by atoms with E-state index in [2.05, 4.69) is 81.0 Å². The fourth-order valence-electron chi connectivity index (χ4n) is 6.84. The highest BCUT2D eigenvalue weighted by atomic mass is 16.2. The van der Waals surface area contributed by atoms with Crippen LogP contribution in [0.4, 0.5) is 0 Å². The number of hydrogen-bond acceptors (Lipinski definition) is 2. The van der Waals surface area contributed by atoms with Crippen molar-refractivity contribution in [3.8, 4) is 0 Å². The second kappa shape index (κ2) is 25.3. The summed E-state index contributed by atoms with van der Waals surface area (Å²) >= 11 is 0. The molecule has 2 aromatic heterocycles. The summed E-state index contributed by atoms with van der Waals surface area (Å²) in [5.74, 6) is 0.329. The second-order valence-corrected chi connectivity index (χ2v) is 13.7. The first-order valence-electron chi connectivity index (χ1n) is 19.2. The van der Waals surface area contributed by atoms with Gasteiger partial charge in [0.05, 0.1) is 0 Å². The van der Waals surface area contributed by atoms with E-state index in [0.29, 0.717) is 12.8 Å². The normalized spacial score (nSPS) is 16.3. The van der Waals surface area contributed by atoms with Gasteiger partial charge in [0.1, 0.15) is 13.1 Å². The number of aryl methyl sites for hydroxylation is 2. The number of hydrogen-bond donors (Lipinski definition) is 2. The Labute approximate surface area is 281 Å². The van der Waals surface area contributed by atoms with Crippen LogP contribution in [0.2, 0.25) is 0 Å². The minimum Gasteiger partial charge on any atom is -0.351 e. The van der Waals surface area contributed by atoms with Crippen molar-refractivity contribution in [2.75, 3.05) is 0 Å². The molecule has 0 spiro atoms. The van der Waals surface area contributed by atoms with E-state index in [1.54, 1.807) is 0 Å². The molecule has 6 nitrogen and oxygen atoms in total. The maximum atomic E-state index is 12.7. The fraction of sp³-hybridized carbons (Fsp3) is 0.700. The maximum Gasteiger partial charge on any atom is 0.220 e. The number of carbonyl (C=O) groups is 2. The van der Waals surface area contributed by atoms with Gasteiger partial charge in [0.2, 0.25) is 11.8 Å². The number of unbranched alkanes of at least 4 members (excludes halogenated alkanes) is 16. The van der Waals surface area contributed by atoms with Crippen LogP contribution in [-0.4, -0.2) is 23.9 Å². The molecule has 2 aromatic rings. The lowest BCUT2D eigenvalue weighted by Crippen LogP contribution is -2.53. The van der Waals surface area contributed by atoms with E-state index in [1.165, 1.54) is 89.9 Å². The molecule has 46 heavy (non-hydrogen) atoms. The van der Waals surface area contributed by atoms with E-state index in [1.807, 2.05) is 0 Å². The molecule has 0 radical (unpaired) electrons. The van der Waals surface area contributed by atoms with Crippen LogP contribution in [0.3, 0.4) is 0 Å². The van der Waals surface area contributed by atoms with Crippen molar-refractivity contribution in [1.29, 1.82) is 0 Å². The summed E-state index contributed by atoms with van der Waals surface area (Å²) in [7, 11) is 0. The van der Waals surface area contributed by atoms with E-state index in [0.717, 1.165) is 64.5 Å². The topological polar surface area (TPSA) is 66.0 Å². The average molecular weight is 635 g/mol. The van der Waals surface area contributed by atoms with Gasteiger partial charge in [0, 0.05) is 62.0 Å². The summed E-state index contributed by atoms with van der Waals surface area (Å²) in [5.41, 5.74) is 0. The van der Waals surface area contributed by atoms with Gasteiger partial charge in [-0.25, -0.2) is 9.13 Å². The highest BCUT2D eigenvalue weighted by Gasteiger charge is 2.27. The Hall–Kier alpha value is -2.76. The monoisotopic (exact) mass is 635 g/mol. The van der Waals surface area contributed by atoms with Crippen molar-refractivity contribution in [3.63, 3.8) is 0 Å². The molecule has 1 fully saturated rings. The summed E-state index contributed by atoms with van der Waals surface area (Å²) in [4.78, 5) is 25.4. The third-order valence-corrected chi connectivity index (χ3v) is 9.65. The van der Waals surface area contributed by atoms with Gasteiger partial charge >= 0.3 is 0 Å². The first-order valence-corrected chi connectivity index (χ1v) is 19.2. The third-order valence-electron chi connectivity index (χ3n) is 9.65. The molecule has 0 aromatic carbocycles. The lowest BCUT2D eigenvalue weighted by atomic mass is 9.90. The van der Waals surface area contributed by atoms with Crippen LogP contribution in [0.25, 0.3) is 0 Å². The van der Waals surface area contributed by atoms with Crippen molar-refractivity contribution in [2.24, 2.45) is 0 Å². The highest BCUT2D eigenvalue weighted by Crippen LogP contribution is 2.20. The molecule has 2 amide bonds. The quantitative estimate of drug-likeness (QED) is 0.0808. The summed E-state index contributed by atoms with van der Waals surface area (Å²) in [6.45, 7) is 2.24. The zero-order valence-electron chi connectivity index (χ0n) is 29.0. The predicted octanol–water partition coefficient (Wildman–Crippen LogP) is 8.31. The molecule has 1 saturated carbocycles. The fourth-order valence-corrected chi connectivity index (χ4v) is 6.84. The number of carbonyl (C=O) groups excluding carboxylic acids is 2. The van der Waals surface area contributed by atoms with Crippen LogP contribution in [0.5, 0.6) is 0 Å². The van der Waals surface area contributed by atoms with Crippen LogP contribution in [0.15, 0.2) is 61.2 Å². The van der Waals surface area contributed by atoms with Crippen LogP contribution in [0, 0.1) is 0 Å². The summed E-state index contributed by atoms with van der Waals surface area (Å²) in [5, 5.41) is 6.55. The van der Waals surface area contributed by atoms with Crippen LogP contribution >= 0.6 is 0 Å². The molecule has 0 unspecified atom stereocenters. The number of nitrogens with zero attached hydrogens (tertiary/aromatic N) is 2. The first kappa shape index (κ1) is 37.7. The molecule has 1 aliphatic rings. The van der Waals surface area contributed by atoms with Crippen molar-refractivity contribution < 1.29 is 18.7 Å². The Morgan fingerprint density at radius 1 is 0.435 bits per heavy atom. The SMILES string of the molecule is O=C(CCCCCCCCCCC[n+]1ccccc1)N[C@H]1CCCC[C@@H]1NC(=O)CCCCCCCCCCC[n+]1ccccc1. The Morgan fingerprint density at radius 2 is 0.739 bits per heavy atom. The Morgan fingerprint density at radius 3 is 1.09 bits per heavy atom. The minimum absolute atomic E-state index is 0.0942. The largest absolute Gasteiger partial charge is 0.351 e. The smallest absolute Gasteiger partial charge is 0.220 e. The van der Waals surface area contributed by atoms with E-state index in [4.69, 9.17) is 0 Å². The number of rotatable bonds is 26. The summed E-state index contributed by atoms with van der Waals surface area (Å²) in [6.07, 6.45) is 36.3. The van der Waals surface area contributed by atoms with Gasteiger partial charge < -0.3 is 10.6 Å². The molecule has 1 aliphatic carbocycles. The number of amides is 2. The number of aromatic nitrogens is 2. The Bertz CT molecular complexity index is 949. The van der Waals surface area contributed by atoms with E-state index >= 15 is 0 Å². The molecule has 256 valence electrons. The number of pyridine rings is 2. The maximum absolute atomic E-state index is 12.7. The first-order chi connectivity index (χ1) is 22.7. The van der Waals surface area contributed by atoms with Gasteiger partial charge in [-0.3, -0.25) is 9.59 Å². The molecule has 0 bridgehead atoms. The zero-order chi connectivity index (χ0) is 32.3. The van der Waals surface area contributed by atoms with Crippen molar-refractivity contribution in [1.82, 2.24) is 10.6 Å². The molecular weight excluding hydrogens is 568 g/mol. The second-order valence-electron chi connectivity index (χ2n) is 13.7. The van der Waals surface area contributed by atoms with E-state index in [-0.39, 0.29) is 23.9 Å². The number of nitrogens with one attached hydrogen (secondary N) is 2. The molecule has 2 atom stereocenters. The molecule has 2 N–H and O–H groups in total. The molecule has 2 heterocycles. The van der Waals surface area contributed by atoms with Crippen LogP contribution < -0.4 is 19.8 Å². The molecule has 3 rings (SSSR count).